The number of hydrogen-bond acceptors (Lipinski definition) is 2. The van der Waals surface area contributed by atoms with Gasteiger partial charge in [-0.2, -0.15) is 0 Å². The van der Waals surface area contributed by atoms with E-state index in [2.05, 4.69) is 30.4 Å². The van der Waals surface area contributed by atoms with Crippen molar-refractivity contribution in [3.63, 3.8) is 0 Å². The van der Waals surface area contributed by atoms with Gasteiger partial charge in [0.2, 0.25) is 5.91 Å². The second-order valence-electron chi connectivity index (χ2n) is 3.77. The maximum Gasteiger partial charge on any atom is 0.243 e. The zero-order chi connectivity index (χ0) is 11.6. The summed E-state index contributed by atoms with van der Waals surface area (Å²) in [6.07, 6.45) is 14.8. The molecular weight excluding hydrogens is 202 g/mol. The van der Waals surface area contributed by atoms with E-state index in [1.807, 2.05) is 0 Å². The van der Waals surface area contributed by atoms with Crippen LogP contribution < -0.4 is 5.73 Å². The van der Waals surface area contributed by atoms with Crippen LogP contribution in [0.3, 0.4) is 0 Å². The van der Waals surface area contributed by atoms with Crippen molar-refractivity contribution in [2.45, 2.75) is 25.7 Å². The highest BCUT2D eigenvalue weighted by Crippen LogP contribution is 2.11. The molecule has 1 aliphatic rings. The number of hydrogen-bond donors (Lipinski definition) is 1. The minimum absolute atomic E-state index is 0.0254. The summed E-state index contributed by atoms with van der Waals surface area (Å²) in [5.41, 5.74) is 6.30. The molecule has 0 aromatic rings. The van der Waals surface area contributed by atoms with Crippen LogP contribution >= 0.6 is 0 Å². The highest BCUT2D eigenvalue weighted by Gasteiger charge is 1.97. The molecule has 0 unspecified atom stereocenters. The number of carbonyl (C=O) groups excluding carboxylic acids is 1. The first-order chi connectivity index (χ1) is 7.79. The number of amides is 1. The van der Waals surface area contributed by atoms with Crippen molar-refractivity contribution in [3.8, 4) is 0 Å². The summed E-state index contributed by atoms with van der Waals surface area (Å²) in [6.45, 7) is 0.613. The lowest BCUT2D eigenvalue weighted by molar-refractivity contribution is -0.122. The second-order valence-corrected chi connectivity index (χ2v) is 3.77. The van der Waals surface area contributed by atoms with Crippen LogP contribution in [0.1, 0.15) is 25.7 Å². The molecule has 1 rings (SSSR count). The Kier molecular flexibility index (Phi) is 6.26. The van der Waals surface area contributed by atoms with Gasteiger partial charge in [-0.05, 0) is 25.7 Å². The fraction of sp³-hybridized carbons (Fsp3) is 0.462. The molecule has 0 saturated carbocycles. The molecular formula is C13H19NO2. The van der Waals surface area contributed by atoms with Crippen LogP contribution in [0.4, 0.5) is 0 Å². The van der Waals surface area contributed by atoms with Gasteiger partial charge in [0.15, 0.2) is 0 Å². The fourth-order valence-corrected chi connectivity index (χ4v) is 1.52. The predicted octanol–water partition coefficient (Wildman–Crippen LogP) is 2.10. The topological polar surface area (TPSA) is 52.3 Å². The van der Waals surface area contributed by atoms with Gasteiger partial charge in [0.25, 0.3) is 0 Å². The van der Waals surface area contributed by atoms with Crippen molar-refractivity contribution in [2.24, 2.45) is 5.73 Å². The van der Waals surface area contributed by atoms with E-state index >= 15 is 0 Å². The lowest BCUT2D eigenvalue weighted by atomic mass is 10.1. The molecule has 0 heterocycles. The summed E-state index contributed by atoms with van der Waals surface area (Å²) in [5.74, 6) is -0.407. The van der Waals surface area contributed by atoms with Gasteiger partial charge < -0.3 is 10.5 Å². The van der Waals surface area contributed by atoms with Crippen molar-refractivity contribution in [1.82, 2.24) is 0 Å². The molecule has 0 aromatic heterocycles. The van der Waals surface area contributed by atoms with Gasteiger partial charge in [0.1, 0.15) is 6.61 Å². The van der Waals surface area contributed by atoms with E-state index in [1.54, 1.807) is 0 Å². The molecule has 0 radical (unpaired) electrons. The number of ether oxygens (including phenoxy) is 1. The summed E-state index contributed by atoms with van der Waals surface area (Å²) >= 11 is 0. The summed E-state index contributed by atoms with van der Waals surface area (Å²) in [7, 11) is 0. The van der Waals surface area contributed by atoms with Gasteiger partial charge >= 0.3 is 0 Å². The Bertz CT molecular complexity index is 303. The monoisotopic (exact) mass is 221 g/mol. The number of allylic oxidation sites excluding steroid dienone is 6. The minimum atomic E-state index is -0.407. The summed E-state index contributed by atoms with van der Waals surface area (Å²) in [4.78, 5) is 10.4. The molecule has 0 atom stereocenters. The van der Waals surface area contributed by atoms with Gasteiger partial charge in [0.05, 0.1) is 0 Å². The highest BCUT2D eigenvalue weighted by atomic mass is 16.5. The van der Waals surface area contributed by atoms with Crippen LogP contribution in [0.15, 0.2) is 36.0 Å². The zero-order valence-electron chi connectivity index (χ0n) is 9.52. The first kappa shape index (κ1) is 12.7. The quantitative estimate of drug-likeness (QED) is 0.698. The molecule has 3 heteroatoms. The lowest BCUT2D eigenvalue weighted by Gasteiger charge is -2.04. The lowest BCUT2D eigenvalue weighted by Crippen LogP contribution is -2.18. The summed E-state index contributed by atoms with van der Waals surface area (Å²) in [6, 6.07) is 0. The Morgan fingerprint density at radius 1 is 1.38 bits per heavy atom. The molecule has 0 fully saturated rings. The maximum absolute atomic E-state index is 10.4. The molecule has 3 nitrogen and oxygen atoms in total. The molecule has 0 bridgehead atoms. The minimum Gasteiger partial charge on any atom is -0.372 e. The van der Waals surface area contributed by atoms with E-state index < -0.39 is 5.91 Å². The Morgan fingerprint density at radius 3 is 3.06 bits per heavy atom. The van der Waals surface area contributed by atoms with Crippen LogP contribution in [0, 0.1) is 0 Å². The maximum atomic E-state index is 10.4. The molecule has 2 N–H and O–H groups in total. The van der Waals surface area contributed by atoms with Crippen molar-refractivity contribution >= 4 is 5.91 Å². The number of primary amides is 1. The third-order valence-corrected chi connectivity index (χ3v) is 2.30. The largest absolute Gasteiger partial charge is 0.372 e. The van der Waals surface area contributed by atoms with Crippen molar-refractivity contribution in [3.05, 3.63) is 36.0 Å². The smallest absolute Gasteiger partial charge is 0.243 e. The van der Waals surface area contributed by atoms with E-state index in [4.69, 9.17) is 10.5 Å². The van der Waals surface area contributed by atoms with E-state index in [0.717, 1.165) is 25.7 Å². The summed E-state index contributed by atoms with van der Waals surface area (Å²) < 4.78 is 5.10. The van der Waals surface area contributed by atoms with E-state index in [1.165, 1.54) is 5.57 Å². The number of carbonyl (C=O) groups is 1. The van der Waals surface area contributed by atoms with Crippen LogP contribution in [0.5, 0.6) is 0 Å². The van der Waals surface area contributed by atoms with Gasteiger partial charge in [0, 0.05) is 6.61 Å². The SMILES string of the molecule is NC(=O)COCCCC1=CCC/C=C/C=C1. The first-order valence-corrected chi connectivity index (χ1v) is 5.67. The van der Waals surface area contributed by atoms with Crippen molar-refractivity contribution in [1.29, 1.82) is 0 Å². The van der Waals surface area contributed by atoms with Crippen LogP contribution in [-0.2, 0) is 9.53 Å². The standard InChI is InChI=1S/C13H19NO2/c14-13(15)11-16-10-6-9-12-7-4-2-1-3-5-8-12/h1-2,4,7-8H,3,5-6,9-11H2,(H2,14,15)/b2-1+,7-4?,12-8?. The molecule has 16 heavy (non-hydrogen) atoms. The van der Waals surface area contributed by atoms with Gasteiger partial charge in [-0.3, -0.25) is 4.79 Å². The molecule has 0 spiro atoms. The average Bonchev–Trinajstić information content (AvgIpc) is 2.19. The fourth-order valence-electron chi connectivity index (χ4n) is 1.52. The van der Waals surface area contributed by atoms with Crippen LogP contribution in [0.25, 0.3) is 0 Å². The van der Waals surface area contributed by atoms with Gasteiger partial charge in [-0.1, -0.05) is 36.0 Å². The molecule has 88 valence electrons. The van der Waals surface area contributed by atoms with E-state index in [0.29, 0.717) is 6.61 Å². The molecule has 0 aliphatic heterocycles. The van der Waals surface area contributed by atoms with E-state index in [9.17, 15) is 4.79 Å². The zero-order valence-corrected chi connectivity index (χ0v) is 9.52. The molecule has 0 saturated heterocycles. The Labute approximate surface area is 96.7 Å². The number of rotatable bonds is 6. The average molecular weight is 221 g/mol. The van der Waals surface area contributed by atoms with Crippen molar-refractivity contribution < 1.29 is 9.53 Å². The molecule has 1 amide bonds. The number of nitrogens with two attached hydrogens (primary N) is 1. The van der Waals surface area contributed by atoms with Crippen LogP contribution in [-0.4, -0.2) is 19.1 Å². The Morgan fingerprint density at radius 2 is 2.25 bits per heavy atom. The van der Waals surface area contributed by atoms with Gasteiger partial charge in [-0.15, -0.1) is 0 Å². The van der Waals surface area contributed by atoms with Crippen molar-refractivity contribution in [2.75, 3.05) is 13.2 Å². The third kappa shape index (κ3) is 6.19. The highest BCUT2D eigenvalue weighted by molar-refractivity contribution is 5.74. The predicted molar refractivity (Wildman–Crippen MR) is 64.8 cm³/mol. The normalized spacial score (nSPS) is 17.4. The molecule has 0 aromatic carbocycles. The Balaban J connectivity index is 2.16. The second kappa shape index (κ2) is 7.88. The van der Waals surface area contributed by atoms with Gasteiger partial charge in [-0.25, -0.2) is 0 Å². The van der Waals surface area contributed by atoms with E-state index in [-0.39, 0.29) is 6.61 Å². The first-order valence-electron chi connectivity index (χ1n) is 5.67. The summed E-state index contributed by atoms with van der Waals surface area (Å²) in [5, 5.41) is 0. The third-order valence-electron chi connectivity index (χ3n) is 2.30. The Hall–Kier alpha value is -1.35. The molecule has 1 aliphatic carbocycles. The van der Waals surface area contributed by atoms with Crippen LogP contribution in [0.2, 0.25) is 0 Å².